The molecule has 0 unspecified atom stereocenters. The Labute approximate surface area is 138 Å². The molecular formula is C17H15ClN2O3. The summed E-state index contributed by atoms with van der Waals surface area (Å²) < 4.78 is 5.28. The SMILES string of the molecule is C[C@@H](NC(=O)c1ccc2c(c1)NC(=O)CO2)c1cccc(Cl)c1. The first-order valence-corrected chi connectivity index (χ1v) is 7.54. The lowest BCUT2D eigenvalue weighted by molar-refractivity contribution is -0.118. The Bertz CT molecular complexity index is 776. The van der Waals surface area contributed by atoms with Crippen LogP contribution in [0.2, 0.25) is 5.02 Å². The van der Waals surface area contributed by atoms with Crippen molar-refractivity contribution in [2.24, 2.45) is 0 Å². The van der Waals surface area contributed by atoms with Gasteiger partial charge in [0.1, 0.15) is 5.75 Å². The first kappa shape index (κ1) is 15.4. The van der Waals surface area contributed by atoms with E-state index in [1.807, 2.05) is 25.1 Å². The highest BCUT2D eigenvalue weighted by Gasteiger charge is 2.18. The number of benzene rings is 2. The Balaban J connectivity index is 1.76. The number of rotatable bonds is 3. The van der Waals surface area contributed by atoms with Crippen molar-refractivity contribution >= 4 is 29.1 Å². The third kappa shape index (κ3) is 3.46. The van der Waals surface area contributed by atoms with E-state index in [4.69, 9.17) is 16.3 Å². The molecule has 2 amide bonds. The number of carbonyl (C=O) groups is 2. The van der Waals surface area contributed by atoms with Gasteiger partial charge in [0.25, 0.3) is 11.8 Å². The maximum absolute atomic E-state index is 12.4. The van der Waals surface area contributed by atoms with Crippen molar-refractivity contribution in [3.63, 3.8) is 0 Å². The summed E-state index contributed by atoms with van der Waals surface area (Å²) in [5, 5.41) is 6.22. The summed E-state index contributed by atoms with van der Waals surface area (Å²) in [6.45, 7) is 1.87. The fourth-order valence-corrected chi connectivity index (χ4v) is 2.56. The second-order valence-electron chi connectivity index (χ2n) is 5.30. The Morgan fingerprint density at radius 1 is 1.30 bits per heavy atom. The Morgan fingerprint density at radius 3 is 2.91 bits per heavy atom. The van der Waals surface area contributed by atoms with Crippen LogP contribution in [0.15, 0.2) is 42.5 Å². The van der Waals surface area contributed by atoms with Crippen LogP contribution in [0.4, 0.5) is 5.69 Å². The minimum Gasteiger partial charge on any atom is -0.482 e. The number of anilines is 1. The maximum atomic E-state index is 12.4. The van der Waals surface area contributed by atoms with Gasteiger partial charge in [-0.1, -0.05) is 23.7 Å². The summed E-state index contributed by atoms with van der Waals surface area (Å²) in [5.74, 6) is 0.0893. The smallest absolute Gasteiger partial charge is 0.262 e. The fourth-order valence-electron chi connectivity index (χ4n) is 2.36. The first-order chi connectivity index (χ1) is 11.0. The molecule has 1 heterocycles. The Morgan fingerprint density at radius 2 is 2.13 bits per heavy atom. The molecule has 0 aromatic heterocycles. The number of fused-ring (bicyclic) bond motifs is 1. The van der Waals surface area contributed by atoms with Crippen LogP contribution in [-0.4, -0.2) is 18.4 Å². The molecule has 0 aliphatic carbocycles. The molecule has 2 aromatic carbocycles. The summed E-state index contributed by atoms with van der Waals surface area (Å²) in [6, 6.07) is 12.1. The van der Waals surface area contributed by atoms with Gasteiger partial charge in [0.15, 0.2) is 6.61 Å². The molecule has 118 valence electrons. The lowest BCUT2D eigenvalue weighted by Gasteiger charge is -2.19. The van der Waals surface area contributed by atoms with Crippen molar-refractivity contribution in [2.75, 3.05) is 11.9 Å². The van der Waals surface area contributed by atoms with Gasteiger partial charge in [0, 0.05) is 10.6 Å². The van der Waals surface area contributed by atoms with E-state index in [1.54, 1.807) is 24.3 Å². The number of hydrogen-bond acceptors (Lipinski definition) is 3. The van der Waals surface area contributed by atoms with Gasteiger partial charge in [-0.25, -0.2) is 0 Å². The average molecular weight is 331 g/mol. The van der Waals surface area contributed by atoms with Crippen LogP contribution in [0.5, 0.6) is 5.75 Å². The van der Waals surface area contributed by atoms with Crippen molar-refractivity contribution in [1.29, 1.82) is 0 Å². The summed E-state index contributed by atoms with van der Waals surface area (Å²) in [5.41, 5.74) is 1.87. The van der Waals surface area contributed by atoms with Gasteiger partial charge in [-0.3, -0.25) is 9.59 Å². The van der Waals surface area contributed by atoms with E-state index in [0.717, 1.165) is 5.56 Å². The van der Waals surface area contributed by atoms with Gasteiger partial charge in [-0.05, 0) is 42.8 Å². The van der Waals surface area contributed by atoms with Gasteiger partial charge < -0.3 is 15.4 Å². The molecule has 3 rings (SSSR count). The van der Waals surface area contributed by atoms with E-state index in [1.165, 1.54) is 0 Å². The number of amides is 2. The lowest BCUT2D eigenvalue weighted by Crippen LogP contribution is -2.28. The molecule has 0 fully saturated rings. The third-order valence-corrected chi connectivity index (χ3v) is 3.81. The summed E-state index contributed by atoms with van der Waals surface area (Å²) in [7, 11) is 0. The van der Waals surface area contributed by atoms with Gasteiger partial charge in [0.2, 0.25) is 0 Å². The molecule has 23 heavy (non-hydrogen) atoms. The Hall–Kier alpha value is -2.53. The lowest BCUT2D eigenvalue weighted by atomic mass is 10.1. The second-order valence-corrected chi connectivity index (χ2v) is 5.73. The highest BCUT2D eigenvalue weighted by atomic mass is 35.5. The Kier molecular flexibility index (Phi) is 4.21. The van der Waals surface area contributed by atoms with Crippen molar-refractivity contribution in [3.8, 4) is 5.75 Å². The van der Waals surface area contributed by atoms with E-state index in [0.29, 0.717) is 22.0 Å². The number of ether oxygens (including phenoxy) is 1. The first-order valence-electron chi connectivity index (χ1n) is 7.16. The highest BCUT2D eigenvalue weighted by molar-refractivity contribution is 6.30. The van der Waals surface area contributed by atoms with Crippen molar-refractivity contribution < 1.29 is 14.3 Å². The number of hydrogen-bond donors (Lipinski definition) is 2. The number of carbonyl (C=O) groups excluding carboxylic acids is 2. The normalized spacial score (nSPS) is 14.3. The molecular weight excluding hydrogens is 316 g/mol. The van der Waals surface area contributed by atoms with E-state index in [9.17, 15) is 9.59 Å². The molecule has 1 aliphatic rings. The average Bonchev–Trinajstić information content (AvgIpc) is 2.54. The summed E-state index contributed by atoms with van der Waals surface area (Å²) in [6.07, 6.45) is 0. The van der Waals surface area contributed by atoms with Crippen LogP contribution in [-0.2, 0) is 4.79 Å². The minimum atomic E-state index is -0.236. The van der Waals surface area contributed by atoms with Crippen molar-refractivity contribution in [2.45, 2.75) is 13.0 Å². The highest BCUT2D eigenvalue weighted by Crippen LogP contribution is 2.28. The molecule has 1 aliphatic heterocycles. The fraction of sp³-hybridized carbons (Fsp3) is 0.176. The predicted molar refractivity (Wildman–Crippen MR) is 87.9 cm³/mol. The van der Waals surface area contributed by atoms with Gasteiger partial charge >= 0.3 is 0 Å². The monoisotopic (exact) mass is 330 g/mol. The standard InChI is InChI=1S/C17H15ClN2O3/c1-10(11-3-2-4-13(18)7-11)19-17(22)12-5-6-15-14(8-12)20-16(21)9-23-15/h2-8,10H,9H2,1H3,(H,19,22)(H,20,21)/t10-/m1/s1. The molecule has 6 heteroatoms. The van der Waals surface area contributed by atoms with E-state index in [2.05, 4.69) is 10.6 Å². The predicted octanol–water partition coefficient (Wildman–Crippen LogP) is 3.16. The van der Waals surface area contributed by atoms with Crippen LogP contribution < -0.4 is 15.4 Å². The largest absolute Gasteiger partial charge is 0.482 e. The van der Waals surface area contributed by atoms with Gasteiger partial charge in [-0.2, -0.15) is 0 Å². The van der Waals surface area contributed by atoms with Crippen LogP contribution in [0.1, 0.15) is 28.9 Å². The zero-order chi connectivity index (χ0) is 16.4. The molecule has 1 atom stereocenters. The molecule has 2 aromatic rings. The molecule has 0 saturated carbocycles. The molecule has 0 radical (unpaired) electrons. The molecule has 0 bridgehead atoms. The van der Waals surface area contributed by atoms with Crippen molar-refractivity contribution in [3.05, 3.63) is 58.6 Å². The zero-order valence-electron chi connectivity index (χ0n) is 12.4. The second kappa shape index (κ2) is 6.30. The van der Waals surface area contributed by atoms with Gasteiger partial charge in [0.05, 0.1) is 11.7 Å². The quantitative estimate of drug-likeness (QED) is 0.908. The van der Waals surface area contributed by atoms with E-state index < -0.39 is 0 Å². The van der Waals surface area contributed by atoms with Crippen LogP contribution in [0.25, 0.3) is 0 Å². The number of nitrogens with one attached hydrogen (secondary N) is 2. The van der Waals surface area contributed by atoms with Crippen LogP contribution in [0.3, 0.4) is 0 Å². The topological polar surface area (TPSA) is 67.4 Å². The summed E-state index contributed by atoms with van der Waals surface area (Å²) in [4.78, 5) is 23.7. The van der Waals surface area contributed by atoms with E-state index in [-0.39, 0.29) is 24.5 Å². The summed E-state index contributed by atoms with van der Waals surface area (Å²) >= 11 is 5.97. The molecule has 0 saturated heterocycles. The molecule has 5 nitrogen and oxygen atoms in total. The molecule has 2 N–H and O–H groups in total. The maximum Gasteiger partial charge on any atom is 0.262 e. The third-order valence-electron chi connectivity index (χ3n) is 3.57. The van der Waals surface area contributed by atoms with Crippen LogP contribution in [0, 0.1) is 0 Å². The molecule has 0 spiro atoms. The van der Waals surface area contributed by atoms with Crippen molar-refractivity contribution in [1.82, 2.24) is 5.32 Å². The van der Waals surface area contributed by atoms with Gasteiger partial charge in [-0.15, -0.1) is 0 Å². The number of halogens is 1. The minimum absolute atomic E-state index is 0.00958. The van der Waals surface area contributed by atoms with E-state index >= 15 is 0 Å². The zero-order valence-corrected chi connectivity index (χ0v) is 13.2. The van der Waals surface area contributed by atoms with Crippen LogP contribution >= 0.6 is 11.6 Å².